The van der Waals surface area contributed by atoms with Crippen LogP contribution in [0.4, 0.5) is 17.1 Å². The lowest BCUT2D eigenvalue weighted by atomic mass is 9.67. The molecule has 81 heavy (non-hydrogen) atoms. The van der Waals surface area contributed by atoms with Gasteiger partial charge in [-0.1, -0.05) is 284 Å². The molecule has 12 aromatic rings. The van der Waals surface area contributed by atoms with Crippen LogP contribution in [0.3, 0.4) is 0 Å². The summed E-state index contributed by atoms with van der Waals surface area (Å²) in [5.74, 6) is 0. The SMILES string of the molecule is CC(C)(C)c1ccc2c(c1)C1(c3ccccc3-c3ccc(N(c4ccc5c(c4)C(c4ccccc4)(c4ccccc4)c4ccccc4-5)c4ccccc4-c4cccc5cccc(-c6ccccc6)c45)cc31)c1cc(C(C)(C)C)ccc1-2. The van der Waals surface area contributed by atoms with Crippen LogP contribution in [-0.2, 0) is 21.7 Å². The summed E-state index contributed by atoms with van der Waals surface area (Å²) >= 11 is 0. The van der Waals surface area contributed by atoms with Gasteiger partial charge in [0.2, 0.25) is 0 Å². The van der Waals surface area contributed by atoms with Crippen LogP contribution in [0.1, 0.15) is 97.2 Å². The van der Waals surface area contributed by atoms with Crippen molar-refractivity contribution in [3.8, 4) is 55.6 Å². The van der Waals surface area contributed by atoms with E-state index in [1.54, 1.807) is 0 Å². The Hall–Kier alpha value is -9.30. The Morgan fingerprint density at radius 3 is 1.17 bits per heavy atom. The van der Waals surface area contributed by atoms with E-state index in [-0.39, 0.29) is 10.8 Å². The number of rotatable bonds is 7. The lowest BCUT2D eigenvalue weighted by Crippen LogP contribution is -2.29. The van der Waals surface area contributed by atoms with Crippen molar-refractivity contribution >= 4 is 27.8 Å². The van der Waals surface area contributed by atoms with Gasteiger partial charge >= 0.3 is 0 Å². The highest BCUT2D eigenvalue weighted by Gasteiger charge is 2.53. The van der Waals surface area contributed by atoms with E-state index in [1.165, 1.54) is 116 Å². The first-order valence-electron chi connectivity index (χ1n) is 28.8. The Morgan fingerprint density at radius 1 is 0.272 bits per heavy atom. The molecule has 0 fully saturated rings. The summed E-state index contributed by atoms with van der Waals surface area (Å²) < 4.78 is 0. The number of hydrogen-bond acceptors (Lipinski definition) is 1. The Bertz CT molecular complexity index is 4360. The van der Waals surface area contributed by atoms with Crippen LogP contribution in [0.15, 0.2) is 273 Å². The van der Waals surface area contributed by atoms with Crippen LogP contribution in [0.5, 0.6) is 0 Å². The summed E-state index contributed by atoms with van der Waals surface area (Å²) in [4.78, 5) is 2.59. The number of nitrogens with zero attached hydrogens (tertiary/aromatic N) is 1. The summed E-state index contributed by atoms with van der Waals surface area (Å²) in [6, 6.07) is 104. The zero-order chi connectivity index (χ0) is 54.8. The van der Waals surface area contributed by atoms with Gasteiger partial charge in [0, 0.05) is 16.9 Å². The first-order valence-corrected chi connectivity index (χ1v) is 28.8. The van der Waals surface area contributed by atoms with Crippen LogP contribution in [0, 0.1) is 0 Å². The Labute approximate surface area is 477 Å². The quantitative estimate of drug-likeness (QED) is 0.154. The maximum absolute atomic E-state index is 2.59. The fourth-order valence-electron chi connectivity index (χ4n) is 14.6. The molecule has 388 valence electrons. The maximum Gasteiger partial charge on any atom is 0.0726 e. The van der Waals surface area contributed by atoms with Gasteiger partial charge in [-0.2, -0.15) is 0 Å². The second-order valence-corrected chi connectivity index (χ2v) is 24.7. The highest BCUT2D eigenvalue weighted by atomic mass is 15.1. The van der Waals surface area contributed by atoms with Crippen LogP contribution in [0.2, 0.25) is 0 Å². The zero-order valence-corrected chi connectivity index (χ0v) is 46.9. The molecule has 0 N–H and O–H groups in total. The van der Waals surface area contributed by atoms with Gasteiger partial charge in [0.1, 0.15) is 0 Å². The van der Waals surface area contributed by atoms with Crippen LogP contribution < -0.4 is 4.90 Å². The number of fused-ring (bicyclic) bond motifs is 14. The average molecular weight is 1040 g/mol. The van der Waals surface area contributed by atoms with E-state index in [0.717, 1.165) is 22.6 Å². The molecular formula is C80H63N. The fraction of sp³-hybridized carbons (Fsp3) is 0.125. The number of para-hydroxylation sites is 1. The Kier molecular flexibility index (Phi) is 10.9. The van der Waals surface area contributed by atoms with Crippen molar-refractivity contribution in [2.45, 2.75) is 63.2 Å². The molecule has 0 radical (unpaired) electrons. The third kappa shape index (κ3) is 7.17. The highest BCUT2D eigenvalue weighted by molar-refractivity contribution is 6.09. The molecule has 12 aromatic carbocycles. The Morgan fingerprint density at radius 2 is 0.654 bits per heavy atom. The summed E-state index contributed by atoms with van der Waals surface area (Å²) in [5.41, 5.74) is 27.6. The van der Waals surface area contributed by atoms with Gasteiger partial charge < -0.3 is 4.90 Å². The number of benzene rings is 12. The van der Waals surface area contributed by atoms with Gasteiger partial charge in [0.05, 0.1) is 16.5 Å². The topological polar surface area (TPSA) is 3.24 Å². The van der Waals surface area contributed by atoms with Gasteiger partial charge in [0.15, 0.2) is 0 Å². The lowest BCUT2D eigenvalue weighted by Gasteiger charge is -2.36. The van der Waals surface area contributed by atoms with E-state index < -0.39 is 10.8 Å². The summed E-state index contributed by atoms with van der Waals surface area (Å²) in [6.07, 6.45) is 0. The van der Waals surface area contributed by atoms with Gasteiger partial charge in [0.25, 0.3) is 0 Å². The third-order valence-corrected chi connectivity index (χ3v) is 18.3. The summed E-state index contributed by atoms with van der Waals surface area (Å²) in [6.45, 7) is 14.1. The van der Waals surface area contributed by atoms with E-state index >= 15 is 0 Å². The van der Waals surface area contributed by atoms with E-state index in [1.807, 2.05) is 0 Å². The molecule has 3 aliphatic carbocycles. The number of anilines is 3. The van der Waals surface area contributed by atoms with Crippen molar-refractivity contribution in [2.24, 2.45) is 0 Å². The summed E-state index contributed by atoms with van der Waals surface area (Å²) in [5, 5.41) is 2.45. The molecule has 0 saturated carbocycles. The van der Waals surface area contributed by atoms with Gasteiger partial charge in [-0.3, -0.25) is 0 Å². The molecule has 3 aliphatic rings. The molecule has 0 unspecified atom stereocenters. The first kappa shape index (κ1) is 48.8. The van der Waals surface area contributed by atoms with Crippen molar-refractivity contribution in [3.05, 3.63) is 329 Å². The molecule has 15 rings (SSSR count). The van der Waals surface area contributed by atoms with Crippen LogP contribution in [-0.4, -0.2) is 0 Å². The maximum atomic E-state index is 2.59. The van der Waals surface area contributed by atoms with E-state index in [2.05, 4.69) is 319 Å². The average Bonchev–Trinajstić information content (AvgIpc) is 2.85. The molecule has 0 aliphatic heterocycles. The van der Waals surface area contributed by atoms with E-state index in [9.17, 15) is 0 Å². The second-order valence-electron chi connectivity index (χ2n) is 24.7. The van der Waals surface area contributed by atoms with Gasteiger partial charge in [-0.05, 0) is 158 Å². The molecular weight excluding hydrogens is 975 g/mol. The molecule has 0 saturated heterocycles. The molecule has 0 amide bonds. The zero-order valence-electron chi connectivity index (χ0n) is 46.9. The summed E-state index contributed by atoms with van der Waals surface area (Å²) in [7, 11) is 0. The minimum atomic E-state index is -0.591. The van der Waals surface area contributed by atoms with Crippen molar-refractivity contribution in [1.82, 2.24) is 0 Å². The molecule has 1 spiro atoms. The number of hydrogen-bond donors (Lipinski definition) is 0. The van der Waals surface area contributed by atoms with Crippen molar-refractivity contribution in [3.63, 3.8) is 0 Å². The van der Waals surface area contributed by atoms with Gasteiger partial charge in [-0.15, -0.1) is 0 Å². The normalized spacial score (nSPS) is 14.0. The van der Waals surface area contributed by atoms with Crippen molar-refractivity contribution in [2.75, 3.05) is 4.90 Å². The van der Waals surface area contributed by atoms with E-state index in [4.69, 9.17) is 0 Å². The molecule has 0 heterocycles. The lowest BCUT2D eigenvalue weighted by molar-refractivity contribution is 0.586. The predicted molar refractivity (Wildman–Crippen MR) is 341 cm³/mol. The smallest absolute Gasteiger partial charge is 0.0726 e. The van der Waals surface area contributed by atoms with Crippen molar-refractivity contribution < 1.29 is 0 Å². The molecule has 0 aromatic heterocycles. The Balaban J connectivity index is 1.05. The minimum Gasteiger partial charge on any atom is -0.310 e. The van der Waals surface area contributed by atoms with Crippen LogP contribution >= 0.6 is 0 Å². The predicted octanol–water partition coefficient (Wildman–Crippen LogP) is 20.9. The van der Waals surface area contributed by atoms with E-state index in [0.29, 0.717) is 0 Å². The van der Waals surface area contributed by atoms with Crippen molar-refractivity contribution in [1.29, 1.82) is 0 Å². The fourth-order valence-corrected chi connectivity index (χ4v) is 14.6. The molecule has 1 nitrogen and oxygen atoms in total. The molecule has 0 bridgehead atoms. The first-order chi connectivity index (χ1) is 39.5. The minimum absolute atomic E-state index is 0.0607. The highest BCUT2D eigenvalue weighted by Crippen LogP contribution is 2.65. The largest absolute Gasteiger partial charge is 0.310 e. The second kappa shape index (κ2) is 18.1. The molecule has 1 heteroatoms. The molecule has 0 atom stereocenters. The van der Waals surface area contributed by atoms with Crippen LogP contribution in [0.25, 0.3) is 66.4 Å². The third-order valence-electron chi connectivity index (χ3n) is 18.3. The standard InChI is InChI=1S/C80H63N/c1-77(2,3)56-40-44-63-64-45-41-57(78(4,5)6)49-72(64)80(71(63)48-56)70-38-20-17-33-62(70)66-47-43-59(51-74(66)80)81(75-39-21-18-34-67(75)68-36-23-27-53-26-22-35-60(76(53)68)52-24-10-7-11-25-52)58-42-46-65-61-32-16-19-37-69(61)79(73(65)50-58,54-28-12-8-13-29-54)55-30-14-9-15-31-55/h7-51H,1-6H3. The monoisotopic (exact) mass is 1040 g/mol. The van der Waals surface area contributed by atoms with Gasteiger partial charge in [-0.25, -0.2) is 0 Å².